The largest absolute Gasteiger partial charge is 0.416 e. The molecule has 1 aromatic rings. The Hall–Kier alpha value is -1.87. The van der Waals surface area contributed by atoms with Crippen LogP contribution in [0.15, 0.2) is 35.3 Å². The molecule has 0 unspecified atom stereocenters. The van der Waals surface area contributed by atoms with Gasteiger partial charge in [-0.3, -0.25) is 0 Å². The second-order valence-corrected chi connectivity index (χ2v) is 4.46. The fourth-order valence-electron chi connectivity index (χ4n) is 2.18. The smallest absolute Gasteiger partial charge is 0.211 e. The molecular weight excluding hydrogens is 255 g/mol. The molecule has 19 heavy (non-hydrogen) atoms. The molecule has 0 N–H and O–H groups in total. The van der Waals surface area contributed by atoms with Crippen molar-refractivity contribution in [3.8, 4) is 0 Å². The predicted molar refractivity (Wildman–Crippen MR) is 65.2 cm³/mol. The summed E-state index contributed by atoms with van der Waals surface area (Å²) in [5, 5.41) is 0. The molecule has 5 heteroatoms. The Balaban J connectivity index is 2.19. The second-order valence-electron chi connectivity index (χ2n) is 4.46. The summed E-state index contributed by atoms with van der Waals surface area (Å²) in [6, 6.07) is 4.95. The molecule has 0 bridgehead atoms. The van der Waals surface area contributed by atoms with E-state index in [2.05, 4.69) is 4.99 Å². The van der Waals surface area contributed by atoms with Gasteiger partial charge in [0.15, 0.2) is 0 Å². The third-order valence-electron chi connectivity index (χ3n) is 3.16. The number of allylic oxidation sites excluding steroid dienone is 1. The Morgan fingerprint density at radius 3 is 2.47 bits per heavy atom. The van der Waals surface area contributed by atoms with E-state index in [1.807, 2.05) is 6.08 Å². The van der Waals surface area contributed by atoms with Gasteiger partial charge < -0.3 is 0 Å². The van der Waals surface area contributed by atoms with Gasteiger partial charge in [-0.25, -0.2) is 9.79 Å². The summed E-state index contributed by atoms with van der Waals surface area (Å²) in [4.78, 5) is 13.9. The highest BCUT2D eigenvalue weighted by Crippen LogP contribution is 2.32. The van der Waals surface area contributed by atoms with Crippen molar-refractivity contribution in [1.29, 1.82) is 0 Å². The van der Waals surface area contributed by atoms with E-state index < -0.39 is 11.7 Å². The van der Waals surface area contributed by atoms with Crippen LogP contribution < -0.4 is 0 Å². The highest BCUT2D eigenvalue weighted by Gasteiger charge is 2.30. The third-order valence-corrected chi connectivity index (χ3v) is 3.16. The Kier molecular flexibility index (Phi) is 3.86. The molecule has 100 valence electrons. The summed E-state index contributed by atoms with van der Waals surface area (Å²) < 4.78 is 37.4. The third kappa shape index (κ3) is 3.32. The fraction of sp³-hybridized carbons (Fsp3) is 0.357. The Morgan fingerprint density at radius 2 is 1.89 bits per heavy atom. The number of nitrogens with zero attached hydrogens (tertiary/aromatic N) is 1. The molecule has 0 spiro atoms. The number of hydrogen-bond acceptors (Lipinski definition) is 2. The zero-order valence-electron chi connectivity index (χ0n) is 10.1. The quantitative estimate of drug-likeness (QED) is 0.588. The van der Waals surface area contributed by atoms with Crippen LogP contribution in [0, 0.1) is 0 Å². The van der Waals surface area contributed by atoms with Gasteiger partial charge >= 0.3 is 6.18 Å². The molecule has 0 heterocycles. The van der Waals surface area contributed by atoms with E-state index >= 15 is 0 Å². The van der Waals surface area contributed by atoms with E-state index in [-0.39, 0.29) is 6.04 Å². The molecule has 0 saturated carbocycles. The molecule has 0 aromatic heterocycles. The number of aliphatic imine (C=N–C) groups is 1. The molecule has 0 saturated heterocycles. The minimum absolute atomic E-state index is 0.111. The van der Waals surface area contributed by atoms with Crippen LogP contribution in [-0.4, -0.2) is 12.1 Å². The van der Waals surface area contributed by atoms with Gasteiger partial charge in [0.05, 0.1) is 11.6 Å². The van der Waals surface area contributed by atoms with Crippen LogP contribution in [0.1, 0.15) is 30.4 Å². The van der Waals surface area contributed by atoms with Crippen molar-refractivity contribution in [2.45, 2.75) is 31.5 Å². The predicted octanol–water partition coefficient (Wildman–Crippen LogP) is 3.98. The lowest BCUT2D eigenvalue weighted by molar-refractivity contribution is -0.137. The van der Waals surface area contributed by atoms with Crippen LogP contribution in [0.4, 0.5) is 13.2 Å². The van der Waals surface area contributed by atoms with Crippen molar-refractivity contribution in [1.82, 2.24) is 0 Å². The summed E-state index contributed by atoms with van der Waals surface area (Å²) in [6.45, 7) is 0. The first kappa shape index (κ1) is 13.6. The van der Waals surface area contributed by atoms with Crippen molar-refractivity contribution in [3.05, 3.63) is 41.5 Å². The maximum atomic E-state index is 12.5. The lowest BCUT2D eigenvalue weighted by Crippen LogP contribution is -2.10. The first-order valence-electron chi connectivity index (χ1n) is 5.94. The first-order chi connectivity index (χ1) is 9.00. The van der Waals surface area contributed by atoms with Crippen LogP contribution in [0.2, 0.25) is 0 Å². The monoisotopic (exact) mass is 267 g/mol. The maximum absolute atomic E-state index is 12.5. The standard InChI is InChI=1S/C14H12F3NO/c15-14(16,17)12-6-4-10(5-7-12)11-2-1-3-13(8-11)18-9-19/h2,4-7,13H,1,3,8H2/t13-/m1/s1. The number of halogens is 3. The molecular formula is C14H12F3NO. The van der Waals surface area contributed by atoms with Gasteiger partial charge in [0.1, 0.15) is 0 Å². The number of isocyanates is 1. The number of hydrogen-bond donors (Lipinski definition) is 0. The van der Waals surface area contributed by atoms with Crippen molar-refractivity contribution >= 4 is 11.7 Å². The Bertz CT molecular complexity index is 525. The van der Waals surface area contributed by atoms with Crippen LogP contribution in [0.25, 0.3) is 5.57 Å². The average Bonchev–Trinajstić information content (AvgIpc) is 2.39. The summed E-state index contributed by atoms with van der Waals surface area (Å²) in [5.41, 5.74) is 1.03. The SMILES string of the molecule is O=C=N[C@@H]1CCC=C(c2ccc(C(F)(F)F)cc2)C1. The maximum Gasteiger partial charge on any atom is 0.416 e. The van der Waals surface area contributed by atoms with Gasteiger partial charge in [0.25, 0.3) is 0 Å². The van der Waals surface area contributed by atoms with Gasteiger partial charge in [-0.15, -0.1) is 0 Å². The molecule has 0 radical (unpaired) electrons. The molecule has 1 atom stereocenters. The van der Waals surface area contributed by atoms with E-state index in [0.717, 1.165) is 36.1 Å². The topological polar surface area (TPSA) is 29.4 Å². The normalized spacial score (nSPS) is 19.5. The average molecular weight is 267 g/mol. The number of carbonyl (C=O) groups excluding carboxylic acids is 1. The molecule has 1 aromatic carbocycles. The molecule has 0 amide bonds. The van der Waals surface area contributed by atoms with Gasteiger partial charge in [-0.2, -0.15) is 13.2 Å². The fourth-order valence-corrected chi connectivity index (χ4v) is 2.18. The van der Waals surface area contributed by atoms with Gasteiger partial charge in [-0.05, 0) is 42.5 Å². The van der Waals surface area contributed by atoms with Crippen LogP contribution >= 0.6 is 0 Å². The van der Waals surface area contributed by atoms with E-state index in [1.54, 1.807) is 0 Å². The molecule has 1 aliphatic carbocycles. The number of benzene rings is 1. The van der Waals surface area contributed by atoms with Gasteiger partial charge in [-0.1, -0.05) is 18.2 Å². The summed E-state index contributed by atoms with van der Waals surface area (Å²) in [6.07, 6.45) is 1.32. The van der Waals surface area contributed by atoms with E-state index in [9.17, 15) is 18.0 Å². The van der Waals surface area contributed by atoms with E-state index in [0.29, 0.717) is 6.42 Å². The van der Waals surface area contributed by atoms with E-state index in [4.69, 9.17) is 0 Å². The van der Waals surface area contributed by atoms with Crippen molar-refractivity contribution in [2.24, 2.45) is 4.99 Å². The molecule has 1 aliphatic rings. The van der Waals surface area contributed by atoms with Crippen molar-refractivity contribution in [2.75, 3.05) is 0 Å². The molecule has 0 aliphatic heterocycles. The van der Waals surface area contributed by atoms with Crippen LogP contribution in [-0.2, 0) is 11.0 Å². The number of alkyl halides is 3. The first-order valence-corrected chi connectivity index (χ1v) is 5.94. The van der Waals surface area contributed by atoms with Crippen LogP contribution in [0.5, 0.6) is 0 Å². The Labute approximate surface area is 108 Å². The van der Waals surface area contributed by atoms with Crippen LogP contribution in [0.3, 0.4) is 0 Å². The zero-order chi connectivity index (χ0) is 13.9. The molecule has 2 rings (SSSR count). The van der Waals surface area contributed by atoms with Gasteiger partial charge in [0, 0.05) is 0 Å². The minimum atomic E-state index is -4.32. The minimum Gasteiger partial charge on any atom is -0.211 e. The highest BCUT2D eigenvalue weighted by molar-refractivity contribution is 5.67. The van der Waals surface area contributed by atoms with Gasteiger partial charge in [0.2, 0.25) is 6.08 Å². The van der Waals surface area contributed by atoms with E-state index in [1.165, 1.54) is 18.2 Å². The second kappa shape index (κ2) is 5.41. The Morgan fingerprint density at radius 1 is 1.21 bits per heavy atom. The lowest BCUT2D eigenvalue weighted by atomic mass is 9.90. The molecule has 2 nitrogen and oxygen atoms in total. The van der Waals surface area contributed by atoms with Crippen molar-refractivity contribution < 1.29 is 18.0 Å². The highest BCUT2D eigenvalue weighted by atomic mass is 19.4. The molecule has 0 fully saturated rings. The number of rotatable bonds is 2. The van der Waals surface area contributed by atoms with Crippen molar-refractivity contribution in [3.63, 3.8) is 0 Å². The summed E-state index contributed by atoms with van der Waals surface area (Å²) in [5.74, 6) is 0. The summed E-state index contributed by atoms with van der Waals surface area (Å²) in [7, 11) is 0. The zero-order valence-corrected chi connectivity index (χ0v) is 10.1. The lowest BCUT2D eigenvalue weighted by Gasteiger charge is -2.18. The summed E-state index contributed by atoms with van der Waals surface area (Å²) >= 11 is 0.